The van der Waals surface area contributed by atoms with Gasteiger partial charge < -0.3 is 4.90 Å². The first-order valence-electron chi connectivity index (χ1n) is 13.1. The molecule has 0 aliphatic carbocycles. The maximum atomic E-state index is 5.01. The van der Waals surface area contributed by atoms with Crippen LogP contribution >= 0.6 is 0 Å². The van der Waals surface area contributed by atoms with Crippen molar-refractivity contribution in [3.63, 3.8) is 0 Å². The number of rotatable bonds is 3. The van der Waals surface area contributed by atoms with Crippen LogP contribution in [0.1, 0.15) is 12.7 Å². The Morgan fingerprint density at radius 3 is 2.42 bits per heavy atom. The molecule has 0 radical (unpaired) electrons. The van der Waals surface area contributed by atoms with Crippen molar-refractivity contribution in [1.29, 1.82) is 0 Å². The van der Waals surface area contributed by atoms with E-state index in [1.165, 1.54) is 21.9 Å². The van der Waals surface area contributed by atoms with E-state index in [-0.39, 0.29) is 0 Å². The maximum Gasteiger partial charge on any atom is 0.114 e. The third kappa shape index (κ3) is 2.91. The summed E-state index contributed by atoms with van der Waals surface area (Å²) in [7, 11) is 0. The summed E-state index contributed by atoms with van der Waals surface area (Å²) < 4.78 is 2.35. The summed E-state index contributed by atoms with van der Waals surface area (Å²) >= 11 is 0. The minimum absolute atomic E-state index is 0.863. The summed E-state index contributed by atoms with van der Waals surface area (Å²) in [5.41, 5.74) is 10.2. The lowest BCUT2D eigenvalue weighted by Gasteiger charge is -2.33. The minimum Gasteiger partial charge on any atom is -0.306 e. The summed E-state index contributed by atoms with van der Waals surface area (Å²) in [5, 5.41) is 3.53. The van der Waals surface area contributed by atoms with E-state index in [1.54, 1.807) is 0 Å². The maximum absolute atomic E-state index is 5.01. The van der Waals surface area contributed by atoms with Crippen LogP contribution in [0.25, 0.3) is 49.5 Å². The number of aryl methyl sites for hydroxylation is 1. The quantitative estimate of drug-likeness (QED) is 0.233. The van der Waals surface area contributed by atoms with Crippen LogP contribution in [0, 0.1) is 0 Å². The molecule has 1 aliphatic heterocycles. The van der Waals surface area contributed by atoms with Gasteiger partial charge in [-0.15, -0.1) is 0 Å². The molecule has 8 rings (SSSR count). The lowest BCUT2D eigenvalue weighted by atomic mass is 9.94. The van der Waals surface area contributed by atoms with Crippen molar-refractivity contribution in [3.05, 3.63) is 121 Å². The van der Waals surface area contributed by atoms with Gasteiger partial charge in [-0.1, -0.05) is 67.6 Å². The van der Waals surface area contributed by atoms with Gasteiger partial charge in [-0.25, -0.2) is 4.98 Å². The summed E-state index contributed by atoms with van der Waals surface area (Å²) in [6, 6.07) is 38.9. The highest BCUT2D eigenvalue weighted by Crippen LogP contribution is 2.48. The first kappa shape index (κ1) is 21.2. The number of nitrogens with zero attached hydrogens (tertiary/aromatic N) is 4. The van der Waals surface area contributed by atoms with Crippen LogP contribution in [0.15, 0.2) is 115 Å². The van der Waals surface area contributed by atoms with Crippen LogP contribution in [-0.2, 0) is 6.42 Å². The van der Waals surface area contributed by atoms with Crippen LogP contribution in [-0.4, -0.2) is 14.5 Å². The SMILES string of the molecule is CCc1nc2cccc3c2n1-c1ccc(-c2cc4ccccc4c4ncccc24)cc1N3c1ccccc1. The molecule has 0 unspecified atom stereocenters. The lowest BCUT2D eigenvalue weighted by molar-refractivity contribution is 0.900. The molecule has 4 nitrogen and oxygen atoms in total. The number of para-hydroxylation sites is 2. The van der Waals surface area contributed by atoms with E-state index in [2.05, 4.69) is 120 Å². The molecule has 0 saturated heterocycles. The van der Waals surface area contributed by atoms with E-state index in [9.17, 15) is 0 Å². The molecule has 0 saturated carbocycles. The Bertz CT molecular complexity index is 2020. The molecule has 5 aromatic carbocycles. The lowest BCUT2D eigenvalue weighted by Crippen LogP contribution is -2.19. The fraction of sp³-hybridized carbons (Fsp3) is 0.0588. The molecule has 180 valence electrons. The molecular weight excluding hydrogens is 464 g/mol. The molecular formula is C34H24N4. The van der Waals surface area contributed by atoms with Gasteiger partial charge in [0.25, 0.3) is 0 Å². The van der Waals surface area contributed by atoms with Crippen molar-refractivity contribution < 1.29 is 0 Å². The van der Waals surface area contributed by atoms with Crippen molar-refractivity contribution in [1.82, 2.24) is 14.5 Å². The Morgan fingerprint density at radius 2 is 1.53 bits per heavy atom. The van der Waals surface area contributed by atoms with Crippen molar-refractivity contribution in [2.45, 2.75) is 13.3 Å². The Labute approximate surface area is 220 Å². The van der Waals surface area contributed by atoms with Gasteiger partial charge >= 0.3 is 0 Å². The first-order chi connectivity index (χ1) is 18.8. The Balaban J connectivity index is 1.46. The van der Waals surface area contributed by atoms with Crippen LogP contribution < -0.4 is 4.90 Å². The van der Waals surface area contributed by atoms with E-state index >= 15 is 0 Å². The van der Waals surface area contributed by atoms with E-state index < -0.39 is 0 Å². The van der Waals surface area contributed by atoms with Crippen molar-refractivity contribution in [2.75, 3.05) is 4.90 Å². The molecule has 4 heteroatoms. The molecule has 1 aliphatic rings. The van der Waals surface area contributed by atoms with E-state index in [0.717, 1.165) is 56.9 Å². The molecule has 2 aromatic heterocycles. The number of fused-ring (bicyclic) bond motifs is 5. The van der Waals surface area contributed by atoms with E-state index in [4.69, 9.17) is 9.97 Å². The normalized spacial score (nSPS) is 12.4. The van der Waals surface area contributed by atoms with Crippen LogP contribution in [0.3, 0.4) is 0 Å². The van der Waals surface area contributed by atoms with Gasteiger partial charge in [0.15, 0.2) is 0 Å². The van der Waals surface area contributed by atoms with Crippen molar-refractivity contribution >= 4 is 49.8 Å². The van der Waals surface area contributed by atoms with Crippen molar-refractivity contribution in [2.24, 2.45) is 0 Å². The smallest absolute Gasteiger partial charge is 0.114 e. The van der Waals surface area contributed by atoms with Gasteiger partial charge in [0, 0.05) is 29.1 Å². The highest BCUT2D eigenvalue weighted by atomic mass is 15.2. The topological polar surface area (TPSA) is 34.0 Å². The third-order valence-corrected chi connectivity index (χ3v) is 7.68. The summed E-state index contributed by atoms with van der Waals surface area (Å²) in [4.78, 5) is 12.2. The van der Waals surface area contributed by atoms with Gasteiger partial charge in [-0.2, -0.15) is 0 Å². The monoisotopic (exact) mass is 488 g/mol. The molecule has 7 aromatic rings. The highest BCUT2D eigenvalue weighted by molar-refractivity contribution is 6.12. The molecule has 0 bridgehead atoms. The zero-order valence-electron chi connectivity index (χ0n) is 21.0. The number of hydrogen-bond acceptors (Lipinski definition) is 3. The van der Waals surface area contributed by atoms with Gasteiger partial charge in [-0.3, -0.25) is 9.55 Å². The zero-order valence-corrected chi connectivity index (χ0v) is 21.0. The largest absolute Gasteiger partial charge is 0.306 e. The molecule has 38 heavy (non-hydrogen) atoms. The number of benzene rings is 5. The number of pyridine rings is 1. The number of hydrogen-bond donors (Lipinski definition) is 0. The second-order valence-electron chi connectivity index (χ2n) is 9.78. The summed E-state index contributed by atoms with van der Waals surface area (Å²) in [6.07, 6.45) is 2.75. The summed E-state index contributed by atoms with van der Waals surface area (Å²) in [6.45, 7) is 2.18. The molecule has 0 N–H and O–H groups in total. The standard InChI is InChI=1S/C34H24N4/c1-2-32-36-28-15-8-16-30-34(28)38(32)29-18-17-23(21-31(29)37(30)24-11-4-3-5-12-24)27-20-22-10-6-7-13-25(22)33-26(27)14-9-19-35-33/h3-21H,2H2,1H3. The average Bonchev–Trinajstić information content (AvgIpc) is 3.37. The van der Waals surface area contributed by atoms with Crippen LogP contribution in [0.5, 0.6) is 0 Å². The predicted octanol–water partition coefficient (Wildman–Crippen LogP) is 8.74. The van der Waals surface area contributed by atoms with Gasteiger partial charge in [0.2, 0.25) is 0 Å². The average molecular weight is 489 g/mol. The molecule has 0 amide bonds. The number of anilines is 3. The first-order valence-corrected chi connectivity index (χ1v) is 13.1. The van der Waals surface area contributed by atoms with Gasteiger partial charge in [-0.05, 0) is 65.0 Å². The number of aromatic nitrogens is 3. The van der Waals surface area contributed by atoms with Gasteiger partial charge in [0.1, 0.15) is 5.82 Å². The fourth-order valence-corrected chi connectivity index (χ4v) is 6.03. The van der Waals surface area contributed by atoms with Crippen LogP contribution in [0.4, 0.5) is 17.1 Å². The van der Waals surface area contributed by atoms with E-state index in [1.807, 2.05) is 12.3 Å². The zero-order chi connectivity index (χ0) is 25.2. The second kappa shape index (κ2) is 8.02. The molecule has 0 fully saturated rings. The molecule has 0 atom stereocenters. The van der Waals surface area contributed by atoms with Crippen LogP contribution in [0.2, 0.25) is 0 Å². The Morgan fingerprint density at radius 1 is 0.684 bits per heavy atom. The predicted molar refractivity (Wildman–Crippen MR) is 157 cm³/mol. The molecule has 0 spiro atoms. The minimum atomic E-state index is 0.863. The van der Waals surface area contributed by atoms with Crippen molar-refractivity contribution in [3.8, 4) is 16.8 Å². The second-order valence-corrected chi connectivity index (χ2v) is 9.78. The van der Waals surface area contributed by atoms with E-state index in [0.29, 0.717) is 0 Å². The third-order valence-electron chi connectivity index (χ3n) is 7.68. The summed E-state index contributed by atoms with van der Waals surface area (Å²) in [5.74, 6) is 1.08. The molecule has 3 heterocycles. The Kier molecular flexibility index (Phi) is 4.47. The highest BCUT2D eigenvalue weighted by Gasteiger charge is 2.29. The Hall–Kier alpha value is -4.96. The van der Waals surface area contributed by atoms with Gasteiger partial charge in [0.05, 0.1) is 33.6 Å². The number of imidazole rings is 1. The fourth-order valence-electron chi connectivity index (χ4n) is 6.03.